The van der Waals surface area contributed by atoms with Crippen LogP contribution in [0.3, 0.4) is 0 Å². The molecule has 0 aliphatic heterocycles. The van der Waals surface area contributed by atoms with Crippen molar-refractivity contribution in [1.29, 1.82) is 0 Å². The van der Waals surface area contributed by atoms with Crippen molar-refractivity contribution < 1.29 is 23.4 Å². The van der Waals surface area contributed by atoms with E-state index in [1.165, 1.54) is 18.2 Å². The van der Waals surface area contributed by atoms with Crippen LogP contribution in [0.25, 0.3) is 0 Å². The molecule has 1 aromatic carbocycles. The lowest BCUT2D eigenvalue weighted by atomic mass is 9.76. The minimum absolute atomic E-state index is 0.0499. The van der Waals surface area contributed by atoms with Crippen LogP contribution in [-0.4, -0.2) is 22.0 Å². The summed E-state index contributed by atoms with van der Waals surface area (Å²) >= 11 is 0. The second-order valence-electron chi connectivity index (χ2n) is 4.24. The Morgan fingerprint density at radius 2 is 2.00 bits per heavy atom. The van der Waals surface area contributed by atoms with Gasteiger partial charge in [-0.3, -0.25) is 0 Å². The third-order valence-corrected chi connectivity index (χ3v) is 3.28. The van der Waals surface area contributed by atoms with E-state index in [4.69, 9.17) is 5.73 Å². The van der Waals surface area contributed by atoms with Crippen LogP contribution >= 0.6 is 0 Å². The Balaban J connectivity index is 2.50. The fourth-order valence-corrected chi connectivity index (χ4v) is 2.20. The normalized spacial score (nSPS) is 28.9. The van der Waals surface area contributed by atoms with E-state index in [2.05, 4.69) is 0 Å². The van der Waals surface area contributed by atoms with Crippen molar-refractivity contribution in [3.63, 3.8) is 0 Å². The van der Waals surface area contributed by atoms with Gasteiger partial charge in [-0.2, -0.15) is 13.2 Å². The molecule has 0 amide bonds. The van der Waals surface area contributed by atoms with Crippen molar-refractivity contribution >= 4 is 0 Å². The first kappa shape index (κ1) is 12.2. The Labute approximate surface area is 95.7 Å². The quantitative estimate of drug-likeness (QED) is 0.652. The molecule has 1 aliphatic rings. The summed E-state index contributed by atoms with van der Waals surface area (Å²) in [5, 5.41) is 19.2. The molecule has 2 unspecified atom stereocenters. The summed E-state index contributed by atoms with van der Waals surface area (Å²) in [6, 6.07) is 2.63. The lowest BCUT2D eigenvalue weighted by molar-refractivity contribution is -0.273. The maximum absolute atomic E-state index is 12.8. The van der Waals surface area contributed by atoms with E-state index in [1.807, 2.05) is 0 Å². The summed E-state index contributed by atoms with van der Waals surface area (Å²) in [4.78, 5) is 0. The molecule has 1 aromatic rings. The lowest BCUT2D eigenvalue weighted by Gasteiger charge is -2.40. The van der Waals surface area contributed by atoms with E-state index < -0.39 is 24.2 Å². The molecule has 0 aromatic heterocycles. The molecule has 0 spiro atoms. The predicted octanol–water partition coefficient (Wildman–Crippen LogP) is 1.63. The van der Waals surface area contributed by atoms with Crippen LogP contribution in [0.1, 0.15) is 23.6 Å². The average molecular weight is 247 g/mol. The van der Waals surface area contributed by atoms with Gasteiger partial charge in [-0.05, 0) is 30.0 Å². The molecular weight excluding hydrogens is 235 g/mol. The molecule has 4 N–H and O–H groups in total. The molecule has 2 atom stereocenters. The molecule has 3 nitrogen and oxygen atoms in total. The van der Waals surface area contributed by atoms with Gasteiger partial charge in [0.1, 0.15) is 5.75 Å². The number of fused-ring (bicyclic) bond motifs is 1. The molecule has 0 saturated heterocycles. The van der Waals surface area contributed by atoms with E-state index in [-0.39, 0.29) is 17.7 Å². The van der Waals surface area contributed by atoms with Crippen LogP contribution in [0.4, 0.5) is 13.2 Å². The highest BCUT2D eigenvalue weighted by Gasteiger charge is 2.59. The van der Waals surface area contributed by atoms with Gasteiger partial charge in [-0.25, -0.2) is 0 Å². The number of hydrogen-bond donors (Lipinski definition) is 3. The zero-order valence-electron chi connectivity index (χ0n) is 8.83. The van der Waals surface area contributed by atoms with Crippen LogP contribution < -0.4 is 5.73 Å². The van der Waals surface area contributed by atoms with E-state index in [0.717, 1.165) is 0 Å². The molecule has 0 heterocycles. The SMILES string of the molecule is NC1c2cccc(O)c2CCC1(O)C(F)(F)F. The first-order chi connectivity index (χ1) is 7.77. The Morgan fingerprint density at radius 3 is 2.59 bits per heavy atom. The fraction of sp³-hybridized carbons (Fsp3) is 0.455. The zero-order valence-corrected chi connectivity index (χ0v) is 8.83. The number of phenolic OH excluding ortho intramolecular Hbond substituents is 1. The van der Waals surface area contributed by atoms with Gasteiger partial charge in [-0.15, -0.1) is 0 Å². The van der Waals surface area contributed by atoms with E-state index in [0.29, 0.717) is 5.56 Å². The van der Waals surface area contributed by atoms with Gasteiger partial charge >= 0.3 is 6.18 Å². The fourth-order valence-electron chi connectivity index (χ4n) is 2.20. The Hall–Kier alpha value is -1.27. The van der Waals surface area contributed by atoms with Crippen LogP contribution in [-0.2, 0) is 6.42 Å². The van der Waals surface area contributed by atoms with E-state index >= 15 is 0 Å². The third-order valence-electron chi connectivity index (χ3n) is 3.28. The summed E-state index contributed by atoms with van der Waals surface area (Å²) in [6.07, 6.45) is -5.37. The Bertz CT molecular complexity index is 447. The molecule has 94 valence electrons. The molecule has 0 fully saturated rings. The summed E-state index contributed by atoms with van der Waals surface area (Å²) in [5.41, 5.74) is 3.11. The molecule has 2 rings (SSSR count). The summed E-state index contributed by atoms with van der Waals surface area (Å²) in [6.45, 7) is 0. The highest BCUT2D eigenvalue weighted by Crippen LogP contribution is 2.47. The second kappa shape index (κ2) is 3.61. The number of aliphatic hydroxyl groups is 1. The number of nitrogens with two attached hydrogens (primary N) is 1. The van der Waals surface area contributed by atoms with Gasteiger partial charge in [0.2, 0.25) is 0 Å². The summed E-state index contributed by atoms with van der Waals surface area (Å²) in [7, 11) is 0. The number of alkyl halides is 3. The smallest absolute Gasteiger partial charge is 0.419 e. The van der Waals surface area contributed by atoms with E-state index in [1.54, 1.807) is 0 Å². The highest BCUT2D eigenvalue weighted by molar-refractivity contribution is 5.44. The molecule has 0 bridgehead atoms. The Kier molecular flexibility index (Phi) is 2.59. The minimum atomic E-state index is -4.78. The third kappa shape index (κ3) is 1.68. The molecule has 17 heavy (non-hydrogen) atoms. The van der Waals surface area contributed by atoms with Crippen molar-refractivity contribution in [2.75, 3.05) is 0 Å². The van der Waals surface area contributed by atoms with Gasteiger partial charge in [-0.1, -0.05) is 12.1 Å². The van der Waals surface area contributed by atoms with Crippen molar-refractivity contribution in [1.82, 2.24) is 0 Å². The largest absolute Gasteiger partial charge is 0.508 e. The van der Waals surface area contributed by atoms with Crippen LogP contribution in [0, 0.1) is 0 Å². The highest BCUT2D eigenvalue weighted by atomic mass is 19.4. The monoisotopic (exact) mass is 247 g/mol. The summed E-state index contributed by atoms with van der Waals surface area (Å²) in [5.74, 6) is -0.0813. The zero-order chi connectivity index (χ0) is 12.8. The molecule has 1 aliphatic carbocycles. The molecule has 0 saturated carbocycles. The first-order valence-corrected chi connectivity index (χ1v) is 5.13. The van der Waals surface area contributed by atoms with Gasteiger partial charge in [0.05, 0.1) is 6.04 Å². The maximum atomic E-state index is 12.8. The van der Waals surface area contributed by atoms with Crippen LogP contribution in [0.2, 0.25) is 0 Å². The molecule has 0 radical (unpaired) electrons. The van der Waals surface area contributed by atoms with Gasteiger partial charge in [0.25, 0.3) is 0 Å². The van der Waals surface area contributed by atoms with Crippen LogP contribution in [0.15, 0.2) is 18.2 Å². The van der Waals surface area contributed by atoms with E-state index in [9.17, 15) is 23.4 Å². The van der Waals surface area contributed by atoms with Crippen molar-refractivity contribution in [2.45, 2.75) is 30.7 Å². The number of rotatable bonds is 0. The number of phenols is 1. The number of halogens is 3. The van der Waals surface area contributed by atoms with Gasteiger partial charge < -0.3 is 15.9 Å². The lowest BCUT2D eigenvalue weighted by Crippen LogP contribution is -2.55. The topological polar surface area (TPSA) is 66.5 Å². The van der Waals surface area contributed by atoms with Crippen molar-refractivity contribution in [3.8, 4) is 5.75 Å². The second-order valence-corrected chi connectivity index (χ2v) is 4.24. The number of aromatic hydroxyl groups is 1. The number of hydrogen-bond acceptors (Lipinski definition) is 3. The number of benzene rings is 1. The maximum Gasteiger partial charge on any atom is 0.419 e. The average Bonchev–Trinajstić information content (AvgIpc) is 2.23. The predicted molar refractivity (Wildman–Crippen MR) is 54.4 cm³/mol. The minimum Gasteiger partial charge on any atom is -0.508 e. The first-order valence-electron chi connectivity index (χ1n) is 5.13. The van der Waals surface area contributed by atoms with Crippen molar-refractivity contribution in [3.05, 3.63) is 29.3 Å². The molecular formula is C11H12F3NO2. The summed E-state index contributed by atoms with van der Waals surface area (Å²) < 4.78 is 38.3. The van der Waals surface area contributed by atoms with Crippen molar-refractivity contribution in [2.24, 2.45) is 5.73 Å². The van der Waals surface area contributed by atoms with Gasteiger partial charge in [0.15, 0.2) is 5.60 Å². The molecule has 6 heteroatoms. The standard InChI is InChI=1S/C11H12F3NO2/c12-11(13,14)10(17)5-4-6-7(9(10)15)2-1-3-8(6)16/h1-3,9,16-17H,4-5,15H2. The Morgan fingerprint density at radius 1 is 1.35 bits per heavy atom. The van der Waals surface area contributed by atoms with Gasteiger partial charge in [0, 0.05) is 0 Å². The van der Waals surface area contributed by atoms with Crippen LogP contribution in [0.5, 0.6) is 5.75 Å².